The molecule has 5 heterocycles. The number of fused-ring (bicyclic) bond motifs is 12. The highest BCUT2D eigenvalue weighted by Gasteiger charge is 2.22. The average Bonchev–Trinajstić information content (AvgIpc) is 4.31. The Bertz CT molecular complexity index is 4750. The second-order valence-corrected chi connectivity index (χ2v) is 19.6. The Morgan fingerprint density at radius 1 is 0.224 bits per heavy atom. The summed E-state index contributed by atoms with van der Waals surface area (Å²) in [4.78, 5) is 16.6. The molecule has 7 nitrogen and oxygen atoms in total. The van der Waals surface area contributed by atoms with Crippen LogP contribution in [0.3, 0.4) is 0 Å². The number of hydrogen-bond donors (Lipinski definition) is 0. The zero-order valence-electron chi connectivity index (χ0n) is 40.7. The Balaban J connectivity index is 0.922. The number of nitrogens with zero attached hydrogens (tertiary/aromatic N) is 5. The van der Waals surface area contributed by atoms with Gasteiger partial charge in [-0.05, 0) is 111 Å². The van der Waals surface area contributed by atoms with Gasteiger partial charge >= 0.3 is 0 Å². The fraction of sp³-hybridized carbons (Fsp3) is 0. The second kappa shape index (κ2) is 16.6. The standard InChI is InChI=1S/C69H41N5O2/c1-2-13-42(14-3-1)43-25-27-44(28-26-43)45-15-12-16-50(37-45)67-70-68(73-59-21-8-4-17-51(59)53-33-29-48(40-61(53)73)46-31-35-65-57(38-46)55-19-6-10-23-63(55)75-65)72-69(71-67)74-60-22-9-5-18-52(60)54-34-30-49(41-62(54)74)47-32-36-66-58(39-47)56-20-7-11-24-64(56)76-66/h1-41H. The third-order valence-electron chi connectivity index (χ3n) is 15.2. The molecule has 7 heteroatoms. The van der Waals surface area contributed by atoms with E-state index in [2.05, 4.69) is 228 Å². The van der Waals surface area contributed by atoms with Crippen molar-refractivity contribution in [2.45, 2.75) is 0 Å². The van der Waals surface area contributed by atoms with Crippen LogP contribution in [0.5, 0.6) is 0 Å². The summed E-state index contributed by atoms with van der Waals surface area (Å²) in [5, 5.41) is 8.77. The highest BCUT2D eigenvalue weighted by atomic mass is 16.3. The first kappa shape index (κ1) is 42.2. The number of para-hydroxylation sites is 4. The Kier molecular flexibility index (Phi) is 9.20. The molecule has 0 N–H and O–H groups in total. The van der Waals surface area contributed by atoms with Crippen LogP contribution in [0.4, 0.5) is 0 Å². The zero-order valence-corrected chi connectivity index (χ0v) is 40.7. The fourth-order valence-corrected chi connectivity index (χ4v) is 11.5. The van der Waals surface area contributed by atoms with Gasteiger partial charge in [-0.2, -0.15) is 15.0 Å². The highest BCUT2D eigenvalue weighted by molar-refractivity contribution is 6.13. The normalized spacial score (nSPS) is 11.9. The maximum atomic E-state index is 6.25. The minimum absolute atomic E-state index is 0.511. The predicted molar refractivity (Wildman–Crippen MR) is 310 cm³/mol. The van der Waals surface area contributed by atoms with Crippen LogP contribution in [-0.4, -0.2) is 24.1 Å². The van der Waals surface area contributed by atoms with Crippen LogP contribution in [0.2, 0.25) is 0 Å². The Morgan fingerprint density at radius 2 is 0.592 bits per heavy atom. The van der Waals surface area contributed by atoms with Gasteiger partial charge in [0, 0.05) is 48.7 Å². The molecule has 0 amide bonds. The highest BCUT2D eigenvalue weighted by Crippen LogP contribution is 2.40. The first-order valence-electron chi connectivity index (χ1n) is 25.6. The molecule has 0 saturated carbocycles. The zero-order chi connectivity index (χ0) is 49.8. The molecule has 0 aliphatic rings. The van der Waals surface area contributed by atoms with E-state index in [1.165, 1.54) is 11.1 Å². The van der Waals surface area contributed by atoms with Crippen LogP contribution in [0, 0.1) is 0 Å². The summed E-state index contributed by atoms with van der Waals surface area (Å²) in [5.74, 6) is 1.58. The lowest BCUT2D eigenvalue weighted by Crippen LogP contribution is -2.10. The maximum absolute atomic E-state index is 6.25. The fourth-order valence-electron chi connectivity index (χ4n) is 11.5. The van der Waals surface area contributed by atoms with E-state index in [1.54, 1.807) is 0 Å². The SMILES string of the molecule is c1ccc(-c2ccc(-c3cccc(-c4nc(-n5c6ccccc6c6ccc(-c7ccc8oc9ccccc9c8c7)cc65)nc(-n5c6ccccc6c6ccc(-c7ccc8oc9ccccc9c8c7)cc65)n4)c3)cc2)cc1. The van der Waals surface area contributed by atoms with Crippen molar-refractivity contribution >= 4 is 87.5 Å². The van der Waals surface area contributed by atoms with E-state index in [-0.39, 0.29) is 0 Å². The van der Waals surface area contributed by atoms with Crippen molar-refractivity contribution < 1.29 is 8.83 Å². The van der Waals surface area contributed by atoms with Gasteiger partial charge in [0.1, 0.15) is 22.3 Å². The van der Waals surface area contributed by atoms with Gasteiger partial charge < -0.3 is 8.83 Å². The van der Waals surface area contributed by atoms with E-state index < -0.39 is 0 Å². The molecular formula is C69H41N5O2. The van der Waals surface area contributed by atoms with E-state index in [0.29, 0.717) is 17.7 Å². The number of furan rings is 2. The van der Waals surface area contributed by atoms with Gasteiger partial charge in [-0.1, -0.05) is 182 Å². The molecule has 16 rings (SSSR count). The average molecular weight is 972 g/mol. The molecule has 0 aliphatic carbocycles. The van der Waals surface area contributed by atoms with Crippen molar-refractivity contribution in [3.8, 4) is 67.8 Å². The summed E-state index contributed by atoms with van der Waals surface area (Å²) in [6.45, 7) is 0. The van der Waals surface area contributed by atoms with Gasteiger partial charge in [0.2, 0.25) is 11.9 Å². The molecular weight excluding hydrogens is 931 g/mol. The molecule has 16 aromatic rings. The maximum Gasteiger partial charge on any atom is 0.240 e. The second-order valence-electron chi connectivity index (χ2n) is 19.6. The van der Waals surface area contributed by atoms with Crippen molar-refractivity contribution in [1.82, 2.24) is 24.1 Å². The first-order valence-corrected chi connectivity index (χ1v) is 25.6. The lowest BCUT2D eigenvalue weighted by Gasteiger charge is -2.14. The third kappa shape index (κ3) is 6.66. The van der Waals surface area contributed by atoms with Crippen molar-refractivity contribution in [3.63, 3.8) is 0 Å². The molecule has 0 bridgehead atoms. The molecule has 354 valence electrons. The van der Waals surface area contributed by atoms with E-state index in [1.807, 2.05) is 30.3 Å². The number of rotatable bonds is 7. The van der Waals surface area contributed by atoms with E-state index in [9.17, 15) is 0 Å². The van der Waals surface area contributed by atoms with Crippen LogP contribution in [0.1, 0.15) is 0 Å². The number of hydrogen-bond acceptors (Lipinski definition) is 5. The van der Waals surface area contributed by atoms with Crippen LogP contribution in [0.15, 0.2) is 258 Å². The van der Waals surface area contributed by atoms with E-state index >= 15 is 0 Å². The predicted octanol–water partition coefficient (Wildman–Crippen LogP) is 18.2. The Hall–Kier alpha value is -10.4. The quantitative estimate of drug-likeness (QED) is 0.159. The van der Waals surface area contributed by atoms with Gasteiger partial charge in [0.15, 0.2) is 5.82 Å². The largest absolute Gasteiger partial charge is 0.456 e. The minimum atomic E-state index is 0.511. The molecule has 0 unspecified atom stereocenters. The van der Waals surface area contributed by atoms with E-state index in [0.717, 1.165) is 126 Å². The van der Waals surface area contributed by atoms with Gasteiger partial charge in [0.25, 0.3) is 0 Å². The van der Waals surface area contributed by atoms with Crippen LogP contribution >= 0.6 is 0 Å². The lowest BCUT2D eigenvalue weighted by atomic mass is 9.99. The van der Waals surface area contributed by atoms with Gasteiger partial charge in [-0.3, -0.25) is 9.13 Å². The molecule has 11 aromatic carbocycles. The smallest absolute Gasteiger partial charge is 0.240 e. The molecule has 0 spiro atoms. The minimum Gasteiger partial charge on any atom is -0.456 e. The lowest BCUT2D eigenvalue weighted by molar-refractivity contribution is 0.668. The molecule has 5 aromatic heterocycles. The van der Waals surface area contributed by atoms with E-state index in [4.69, 9.17) is 23.8 Å². The Labute approximate surface area is 434 Å². The van der Waals surface area contributed by atoms with Crippen molar-refractivity contribution in [1.29, 1.82) is 0 Å². The van der Waals surface area contributed by atoms with Crippen LogP contribution < -0.4 is 0 Å². The molecule has 0 radical (unpaired) electrons. The van der Waals surface area contributed by atoms with Gasteiger partial charge in [-0.25, -0.2) is 0 Å². The van der Waals surface area contributed by atoms with Gasteiger partial charge in [0.05, 0.1) is 22.1 Å². The summed E-state index contributed by atoms with van der Waals surface area (Å²) < 4.78 is 16.9. The number of aromatic nitrogens is 5. The first-order chi connectivity index (χ1) is 37.6. The Morgan fingerprint density at radius 3 is 1.14 bits per heavy atom. The summed E-state index contributed by atoms with van der Waals surface area (Å²) in [5.41, 5.74) is 17.1. The molecule has 0 fully saturated rings. The topological polar surface area (TPSA) is 74.8 Å². The summed E-state index contributed by atoms with van der Waals surface area (Å²) in [7, 11) is 0. The summed E-state index contributed by atoms with van der Waals surface area (Å²) in [6.07, 6.45) is 0. The summed E-state index contributed by atoms with van der Waals surface area (Å²) >= 11 is 0. The van der Waals surface area contributed by atoms with Crippen LogP contribution in [-0.2, 0) is 0 Å². The monoisotopic (exact) mass is 971 g/mol. The molecule has 0 aliphatic heterocycles. The van der Waals surface area contributed by atoms with Crippen LogP contribution in [0.25, 0.3) is 155 Å². The molecule has 76 heavy (non-hydrogen) atoms. The summed E-state index contributed by atoms with van der Waals surface area (Å²) in [6, 6.07) is 87.7. The molecule has 0 atom stereocenters. The molecule has 0 saturated heterocycles. The number of benzene rings is 11. The third-order valence-corrected chi connectivity index (χ3v) is 15.2. The van der Waals surface area contributed by atoms with Crippen molar-refractivity contribution in [2.24, 2.45) is 0 Å². The van der Waals surface area contributed by atoms with Crippen molar-refractivity contribution in [2.75, 3.05) is 0 Å². The van der Waals surface area contributed by atoms with Crippen molar-refractivity contribution in [3.05, 3.63) is 249 Å². The van der Waals surface area contributed by atoms with Gasteiger partial charge in [-0.15, -0.1) is 0 Å².